The quantitative estimate of drug-likeness (QED) is 0.723. The molecule has 30 heavy (non-hydrogen) atoms. The van der Waals surface area contributed by atoms with Gasteiger partial charge in [0.25, 0.3) is 0 Å². The van der Waals surface area contributed by atoms with E-state index in [-0.39, 0.29) is 5.78 Å². The molecule has 2 heterocycles. The van der Waals surface area contributed by atoms with Crippen LogP contribution in [0.3, 0.4) is 0 Å². The zero-order valence-electron chi connectivity index (χ0n) is 18.4. The summed E-state index contributed by atoms with van der Waals surface area (Å²) in [5.41, 5.74) is 2.22. The Morgan fingerprint density at radius 1 is 1.07 bits per heavy atom. The molecule has 0 amide bonds. The summed E-state index contributed by atoms with van der Waals surface area (Å²) in [6.45, 7) is 9.42. The monoisotopic (exact) mass is 404 g/mol. The maximum absolute atomic E-state index is 13.5. The van der Waals surface area contributed by atoms with Gasteiger partial charge in [-0.1, -0.05) is 63.6 Å². The zero-order valence-corrected chi connectivity index (χ0v) is 18.4. The predicted molar refractivity (Wildman–Crippen MR) is 123 cm³/mol. The minimum atomic E-state index is -0.627. The lowest BCUT2D eigenvalue weighted by atomic mass is 9.74. The Morgan fingerprint density at radius 3 is 2.30 bits per heavy atom. The van der Waals surface area contributed by atoms with Crippen LogP contribution in [0.4, 0.5) is 0 Å². The van der Waals surface area contributed by atoms with Gasteiger partial charge in [0.2, 0.25) is 5.90 Å². The molecule has 0 spiro atoms. The Morgan fingerprint density at radius 2 is 1.73 bits per heavy atom. The first kappa shape index (κ1) is 20.8. The lowest BCUT2D eigenvalue weighted by Crippen LogP contribution is -2.57. The third-order valence-corrected chi connectivity index (χ3v) is 6.06. The first-order chi connectivity index (χ1) is 14.4. The summed E-state index contributed by atoms with van der Waals surface area (Å²) in [6, 6.07) is 8.27. The van der Waals surface area contributed by atoms with Gasteiger partial charge in [-0.2, -0.15) is 0 Å². The van der Waals surface area contributed by atoms with Gasteiger partial charge in [-0.05, 0) is 55.3 Å². The number of likely N-dealkylation sites (tertiary alicyclic amines) is 1. The minimum absolute atomic E-state index is 0.269. The first-order valence-corrected chi connectivity index (χ1v) is 11.1. The SMILES string of the molecule is CC(C)(C)C(=O)C1(N2CCCCC2)C=CC(=Cc2ccc(C3=NCCO3)cc2)C=C1. The van der Waals surface area contributed by atoms with E-state index in [9.17, 15) is 4.79 Å². The molecule has 1 aliphatic carbocycles. The van der Waals surface area contributed by atoms with E-state index in [0.717, 1.165) is 55.1 Å². The Labute approximate surface area is 180 Å². The zero-order chi connectivity index (χ0) is 21.2. The maximum atomic E-state index is 13.5. The van der Waals surface area contributed by atoms with E-state index < -0.39 is 11.0 Å². The molecule has 1 saturated heterocycles. The number of piperidine rings is 1. The van der Waals surface area contributed by atoms with Crippen LogP contribution in [0, 0.1) is 5.41 Å². The molecule has 158 valence electrons. The van der Waals surface area contributed by atoms with Crippen molar-refractivity contribution in [3.8, 4) is 0 Å². The maximum Gasteiger partial charge on any atom is 0.216 e. The molecule has 4 heteroatoms. The van der Waals surface area contributed by atoms with Crippen LogP contribution in [0.2, 0.25) is 0 Å². The number of hydrogen-bond acceptors (Lipinski definition) is 4. The lowest BCUT2D eigenvalue weighted by molar-refractivity contribution is -0.134. The highest BCUT2D eigenvalue weighted by atomic mass is 16.5. The Kier molecular flexibility index (Phi) is 5.79. The van der Waals surface area contributed by atoms with E-state index in [4.69, 9.17) is 4.74 Å². The van der Waals surface area contributed by atoms with Gasteiger partial charge in [-0.3, -0.25) is 9.69 Å². The molecule has 3 aliphatic rings. The van der Waals surface area contributed by atoms with Crippen LogP contribution in [-0.4, -0.2) is 48.4 Å². The predicted octanol–water partition coefficient (Wildman–Crippen LogP) is 4.81. The number of ether oxygens (including phenoxy) is 1. The number of carbonyl (C=O) groups is 1. The average molecular weight is 405 g/mol. The van der Waals surface area contributed by atoms with Crippen LogP contribution in [0.5, 0.6) is 0 Å². The molecule has 1 aromatic carbocycles. The number of aliphatic imine (C=N–C) groups is 1. The molecule has 0 atom stereocenters. The number of nitrogens with zero attached hydrogens (tertiary/aromatic N) is 2. The highest BCUT2D eigenvalue weighted by Gasteiger charge is 2.45. The molecule has 0 saturated carbocycles. The molecule has 0 bridgehead atoms. The van der Waals surface area contributed by atoms with Gasteiger partial charge in [0.05, 0.1) is 6.54 Å². The van der Waals surface area contributed by atoms with Crippen molar-refractivity contribution in [2.45, 2.75) is 45.6 Å². The average Bonchev–Trinajstić information content (AvgIpc) is 3.29. The lowest BCUT2D eigenvalue weighted by Gasteiger charge is -2.44. The fraction of sp³-hybridized carbons (Fsp3) is 0.462. The summed E-state index contributed by atoms with van der Waals surface area (Å²) < 4.78 is 5.53. The van der Waals surface area contributed by atoms with Crippen molar-refractivity contribution in [1.82, 2.24) is 4.90 Å². The Bertz CT molecular complexity index is 891. The number of Topliss-reactive ketones (excluding diaryl/α,β-unsaturated/α-hetero) is 1. The molecular formula is C26H32N2O2. The summed E-state index contributed by atoms with van der Waals surface area (Å²) in [6.07, 6.45) is 14.2. The minimum Gasteiger partial charge on any atom is -0.476 e. The van der Waals surface area contributed by atoms with Gasteiger partial charge in [-0.25, -0.2) is 4.99 Å². The summed E-state index contributed by atoms with van der Waals surface area (Å²) >= 11 is 0. The van der Waals surface area contributed by atoms with Crippen LogP contribution >= 0.6 is 0 Å². The highest BCUT2D eigenvalue weighted by Crippen LogP contribution is 2.35. The molecule has 0 unspecified atom stereocenters. The van der Waals surface area contributed by atoms with Crippen LogP contribution in [-0.2, 0) is 9.53 Å². The summed E-state index contributed by atoms with van der Waals surface area (Å²) in [5.74, 6) is 1.00. The van der Waals surface area contributed by atoms with Crippen molar-refractivity contribution in [3.05, 3.63) is 65.3 Å². The Hall–Kier alpha value is -2.46. The molecule has 0 N–H and O–H groups in total. The van der Waals surface area contributed by atoms with Gasteiger partial charge in [0.1, 0.15) is 12.1 Å². The number of carbonyl (C=O) groups excluding carboxylic acids is 1. The molecular weight excluding hydrogens is 372 g/mol. The molecule has 2 aliphatic heterocycles. The number of ketones is 1. The van der Waals surface area contributed by atoms with Crippen molar-refractivity contribution in [2.24, 2.45) is 10.4 Å². The third kappa shape index (κ3) is 4.20. The Balaban J connectivity index is 1.57. The standard InChI is InChI=1S/C26H32N2O2/c1-25(2,3)24(29)26(28-16-5-4-6-17-28)13-11-21(12-14-26)19-20-7-9-22(10-8-20)23-27-15-18-30-23/h7-14,19H,4-6,15-18H2,1-3H3. The number of hydrogen-bond donors (Lipinski definition) is 0. The van der Waals surface area contributed by atoms with Gasteiger partial charge < -0.3 is 4.74 Å². The molecule has 0 radical (unpaired) electrons. The van der Waals surface area contributed by atoms with Crippen molar-refractivity contribution in [3.63, 3.8) is 0 Å². The van der Waals surface area contributed by atoms with E-state index >= 15 is 0 Å². The van der Waals surface area contributed by atoms with E-state index in [1.807, 2.05) is 32.9 Å². The van der Waals surface area contributed by atoms with Crippen molar-refractivity contribution < 1.29 is 9.53 Å². The second-order valence-electron chi connectivity index (χ2n) is 9.42. The van der Waals surface area contributed by atoms with Gasteiger partial charge in [0, 0.05) is 11.0 Å². The molecule has 4 rings (SSSR count). The van der Waals surface area contributed by atoms with Crippen LogP contribution < -0.4 is 0 Å². The van der Waals surface area contributed by atoms with Crippen molar-refractivity contribution >= 4 is 17.8 Å². The molecule has 0 aromatic heterocycles. The molecule has 1 aromatic rings. The van der Waals surface area contributed by atoms with Gasteiger partial charge >= 0.3 is 0 Å². The summed E-state index contributed by atoms with van der Waals surface area (Å²) in [5, 5.41) is 0. The number of rotatable bonds is 4. The largest absolute Gasteiger partial charge is 0.476 e. The van der Waals surface area contributed by atoms with E-state index in [1.165, 1.54) is 6.42 Å². The van der Waals surface area contributed by atoms with Crippen molar-refractivity contribution in [1.29, 1.82) is 0 Å². The van der Waals surface area contributed by atoms with Gasteiger partial charge in [-0.15, -0.1) is 0 Å². The molecule has 4 nitrogen and oxygen atoms in total. The third-order valence-electron chi connectivity index (χ3n) is 6.06. The van der Waals surface area contributed by atoms with E-state index in [1.54, 1.807) is 0 Å². The highest BCUT2D eigenvalue weighted by molar-refractivity contribution is 5.97. The second-order valence-corrected chi connectivity index (χ2v) is 9.42. The van der Waals surface area contributed by atoms with Gasteiger partial charge in [0.15, 0.2) is 5.78 Å². The topological polar surface area (TPSA) is 41.9 Å². The normalized spacial score (nSPS) is 24.5. The summed E-state index contributed by atoms with van der Waals surface area (Å²) in [4.78, 5) is 20.2. The number of allylic oxidation sites excluding steroid dienone is 3. The van der Waals surface area contributed by atoms with Crippen molar-refractivity contribution in [2.75, 3.05) is 26.2 Å². The number of benzene rings is 1. The van der Waals surface area contributed by atoms with Crippen LogP contribution in [0.15, 0.2) is 59.1 Å². The first-order valence-electron chi connectivity index (χ1n) is 11.1. The van der Waals surface area contributed by atoms with E-state index in [0.29, 0.717) is 6.61 Å². The fourth-order valence-corrected chi connectivity index (χ4v) is 4.45. The van der Waals surface area contributed by atoms with E-state index in [2.05, 4.69) is 52.4 Å². The van der Waals surface area contributed by atoms with Crippen LogP contribution in [0.1, 0.15) is 51.2 Å². The van der Waals surface area contributed by atoms with Crippen LogP contribution in [0.25, 0.3) is 6.08 Å². The smallest absolute Gasteiger partial charge is 0.216 e. The summed E-state index contributed by atoms with van der Waals surface area (Å²) in [7, 11) is 0. The second kappa shape index (κ2) is 8.35. The fourth-order valence-electron chi connectivity index (χ4n) is 4.45. The molecule has 1 fully saturated rings.